The number of aryl methyl sites for hydroxylation is 1. The minimum absolute atomic E-state index is 0.727. The molecular weight excluding hydrogens is 286 g/mol. The number of benzene rings is 1. The zero-order valence-corrected chi connectivity index (χ0v) is 12.8. The molecule has 3 aromatic rings. The maximum absolute atomic E-state index is 5.38. The summed E-state index contributed by atoms with van der Waals surface area (Å²) >= 11 is 1.61. The molecule has 5 nitrogen and oxygen atoms in total. The zero-order valence-electron chi connectivity index (χ0n) is 12.0. The van der Waals surface area contributed by atoms with Crippen LogP contribution in [0.3, 0.4) is 0 Å². The Morgan fingerprint density at radius 3 is 2.71 bits per heavy atom. The summed E-state index contributed by atoms with van der Waals surface area (Å²) in [7, 11) is 3.27. The standard InChI is InChI=1S/C15H15N3O2S/c1-9-16-11-6-7-21-14(11)15(17-9)18-12-8-10(19-2)4-5-13(12)20-3/h4-8H,1-3H3,(H,16,17,18). The molecule has 0 saturated carbocycles. The van der Waals surface area contributed by atoms with Crippen LogP contribution in [0.1, 0.15) is 5.82 Å². The van der Waals surface area contributed by atoms with E-state index >= 15 is 0 Å². The molecule has 21 heavy (non-hydrogen) atoms. The lowest BCUT2D eigenvalue weighted by Gasteiger charge is -2.13. The van der Waals surface area contributed by atoms with E-state index in [4.69, 9.17) is 9.47 Å². The third-order valence-electron chi connectivity index (χ3n) is 3.08. The molecule has 108 valence electrons. The van der Waals surface area contributed by atoms with Gasteiger partial charge in [0.05, 0.1) is 30.1 Å². The largest absolute Gasteiger partial charge is 0.497 e. The molecule has 0 bridgehead atoms. The van der Waals surface area contributed by atoms with E-state index in [0.29, 0.717) is 0 Å². The smallest absolute Gasteiger partial charge is 0.152 e. The second-order valence-electron chi connectivity index (χ2n) is 4.45. The van der Waals surface area contributed by atoms with Crippen molar-refractivity contribution in [1.82, 2.24) is 9.97 Å². The minimum atomic E-state index is 0.727. The summed E-state index contributed by atoms with van der Waals surface area (Å²) in [6.45, 7) is 1.88. The number of thiophene rings is 1. The lowest BCUT2D eigenvalue weighted by atomic mass is 10.2. The molecule has 0 spiro atoms. The Bertz CT molecular complexity index is 786. The quantitative estimate of drug-likeness (QED) is 0.795. The molecule has 0 aliphatic heterocycles. The third-order valence-corrected chi connectivity index (χ3v) is 3.99. The Balaban J connectivity index is 2.07. The first kappa shape index (κ1) is 13.6. The van der Waals surface area contributed by atoms with Gasteiger partial charge in [-0.3, -0.25) is 0 Å². The molecule has 2 heterocycles. The normalized spacial score (nSPS) is 10.6. The van der Waals surface area contributed by atoms with E-state index in [0.717, 1.165) is 39.0 Å². The van der Waals surface area contributed by atoms with Crippen molar-refractivity contribution in [1.29, 1.82) is 0 Å². The summed E-state index contributed by atoms with van der Waals surface area (Å²) in [5.74, 6) is 2.99. The van der Waals surface area contributed by atoms with Crippen molar-refractivity contribution >= 4 is 33.1 Å². The van der Waals surface area contributed by atoms with Crippen LogP contribution in [-0.4, -0.2) is 24.2 Å². The molecule has 0 amide bonds. The number of hydrogen-bond donors (Lipinski definition) is 1. The fraction of sp³-hybridized carbons (Fsp3) is 0.200. The number of aromatic nitrogens is 2. The van der Waals surface area contributed by atoms with Crippen LogP contribution in [0.2, 0.25) is 0 Å². The molecule has 0 aliphatic carbocycles. The van der Waals surface area contributed by atoms with E-state index in [9.17, 15) is 0 Å². The summed E-state index contributed by atoms with van der Waals surface area (Å²) < 4.78 is 11.7. The van der Waals surface area contributed by atoms with Gasteiger partial charge in [0, 0.05) is 6.07 Å². The van der Waals surface area contributed by atoms with Crippen LogP contribution in [0.15, 0.2) is 29.6 Å². The maximum atomic E-state index is 5.38. The van der Waals surface area contributed by atoms with Gasteiger partial charge in [-0.1, -0.05) is 0 Å². The molecule has 1 aromatic carbocycles. The van der Waals surface area contributed by atoms with Gasteiger partial charge in [0.1, 0.15) is 17.3 Å². The molecule has 0 unspecified atom stereocenters. The van der Waals surface area contributed by atoms with Gasteiger partial charge in [0.25, 0.3) is 0 Å². The topological polar surface area (TPSA) is 56.3 Å². The molecule has 2 aromatic heterocycles. The monoisotopic (exact) mass is 301 g/mol. The predicted octanol–water partition coefficient (Wildman–Crippen LogP) is 3.76. The molecule has 6 heteroatoms. The van der Waals surface area contributed by atoms with Gasteiger partial charge in [-0.25, -0.2) is 9.97 Å². The van der Waals surface area contributed by atoms with Crippen molar-refractivity contribution < 1.29 is 9.47 Å². The molecule has 0 saturated heterocycles. The molecule has 1 N–H and O–H groups in total. The van der Waals surface area contributed by atoms with Crippen LogP contribution in [-0.2, 0) is 0 Å². The van der Waals surface area contributed by atoms with Crippen LogP contribution in [0, 0.1) is 6.92 Å². The second kappa shape index (κ2) is 5.57. The summed E-state index contributed by atoms with van der Waals surface area (Å²) in [5, 5.41) is 5.33. The second-order valence-corrected chi connectivity index (χ2v) is 5.36. The Morgan fingerprint density at radius 2 is 1.95 bits per heavy atom. The van der Waals surface area contributed by atoms with Gasteiger partial charge >= 0.3 is 0 Å². The highest BCUT2D eigenvalue weighted by atomic mass is 32.1. The SMILES string of the molecule is COc1ccc(OC)c(Nc2nc(C)nc3ccsc23)c1. The van der Waals surface area contributed by atoms with E-state index in [2.05, 4.69) is 15.3 Å². The Morgan fingerprint density at radius 1 is 1.10 bits per heavy atom. The molecular formula is C15H15N3O2S. The summed E-state index contributed by atoms with van der Waals surface area (Å²) in [4.78, 5) is 8.91. The number of nitrogens with zero attached hydrogens (tertiary/aromatic N) is 2. The van der Waals surface area contributed by atoms with Crippen molar-refractivity contribution in [2.24, 2.45) is 0 Å². The highest BCUT2D eigenvalue weighted by Crippen LogP contribution is 2.34. The number of nitrogens with one attached hydrogen (secondary N) is 1. The number of rotatable bonds is 4. The van der Waals surface area contributed by atoms with Gasteiger partial charge in [0.2, 0.25) is 0 Å². The van der Waals surface area contributed by atoms with Crippen molar-refractivity contribution in [3.63, 3.8) is 0 Å². The number of fused-ring (bicyclic) bond motifs is 1. The van der Waals surface area contributed by atoms with Gasteiger partial charge in [-0.15, -0.1) is 11.3 Å². The number of methoxy groups -OCH3 is 2. The molecule has 0 fully saturated rings. The average molecular weight is 301 g/mol. The maximum Gasteiger partial charge on any atom is 0.152 e. The fourth-order valence-electron chi connectivity index (χ4n) is 2.10. The van der Waals surface area contributed by atoms with E-state index in [1.807, 2.05) is 36.6 Å². The predicted molar refractivity (Wildman–Crippen MR) is 85.0 cm³/mol. The lowest BCUT2D eigenvalue weighted by molar-refractivity contribution is 0.405. The number of anilines is 2. The van der Waals surface area contributed by atoms with Gasteiger partial charge < -0.3 is 14.8 Å². The Labute approximate surface area is 126 Å². The minimum Gasteiger partial charge on any atom is -0.497 e. The summed E-state index contributed by atoms with van der Waals surface area (Å²) in [6.07, 6.45) is 0. The number of hydrogen-bond acceptors (Lipinski definition) is 6. The van der Waals surface area contributed by atoms with Gasteiger partial charge in [-0.05, 0) is 30.5 Å². The average Bonchev–Trinajstić information content (AvgIpc) is 2.95. The third kappa shape index (κ3) is 2.62. The van der Waals surface area contributed by atoms with Gasteiger partial charge in [0.15, 0.2) is 5.82 Å². The highest BCUT2D eigenvalue weighted by molar-refractivity contribution is 7.17. The molecule has 0 aliphatic rings. The van der Waals surface area contributed by atoms with Crippen molar-refractivity contribution in [3.8, 4) is 11.5 Å². The van der Waals surface area contributed by atoms with Crippen molar-refractivity contribution in [3.05, 3.63) is 35.5 Å². The number of ether oxygens (including phenoxy) is 2. The summed E-state index contributed by atoms with van der Waals surface area (Å²) in [6, 6.07) is 7.59. The van der Waals surface area contributed by atoms with Crippen LogP contribution in [0.5, 0.6) is 11.5 Å². The Kier molecular flexibility index (Phi) is 3.62. The fourth-order valence-corrected chi connectivity index (χ4v) is 2.88. The molecule has 3 rings (SSSR count). The molecule has 0 atom stereocenters. The van der Waals surface area contributed by atoms with E-state index < -0.39 is 0 Å². The van der Waals surface area contributed by atoms with Crippen LogP contribution in [0.4, 0.5) is 11.5 Å². The van der Waals surface area contributed by atoms with E-state index in [-0.39, 0.29) is 0 Å². The zero-order chi connectivity index (χ0) is 14.8. The first-order chi connectivity index (χ1) is 10.2. The first-order valence-corrected chi connectivity index (χ1v) is 7.30. The molecule has 0 radical (unpaired) electrons. The van der Waals surface area contributed by atoms with Crippen LogP contribution in [0.25, 0.3) is 10.2 Å². The van der Waals surface area contributed by atoms with Crippen molar-refractivity contribution in [2.45, 2.75) is 6.92 Å². The van der Waals surface area contributed by atoms with E-state index in [1.165, 1.54) is 0 Å². The van der Waals surface area contributed by atoms with Crippen LogP contribution < -0.4 is 14.8 Å². The van der Waals surface area contributed by atoms with E-state index in [1.54, 1.807) is 25.6 Å². The summed E-state index contributed by atoms with van der Waals surface area (Å²) in [5.41, 5.74) is 1.75. The highest BCUT2D eigenvalue weighted by Gasteiger charge is 2.11. The Hall–Kier alpha value is -2.34. The first-order valence-electron chi connectivity index (χ1n) is 6.42. The lowest BCUT2D eigenvalue weighted by Crippen LogP contribution is -2.00. The van der Waals surface area contributed by atoms with Gasteiger partial charge in [-0.2, -0.15) is 0 Å². The van der Waals surface area contributed by atoms with Crippen molar-refractivity contribution in [2.75, 3.05) is 19.5 Å². The van der Waals surface area contributed by atoms with Crippen LogP contribution >= 0.6 is 11.3 Å².